The van der Waals surface area contributed by atoms with E-state index in [4.69, 9.17) is 0 Å². The maximum absolute atomic E-state index is 12.0. The quantitative estimate of drug-likeness (QED) is 0.809. The zero-order valence-corrected chi connectivity index (χ0v) is 14.4. The maximum atomic E-state index is 12.0. The number of anilines is 1. The standard InChI is InChI=1S/C14H18Br2N2O2/c1-9(19)10-4-5-18(7-10)8-14(20)17-13-3-2-11(15)6-12(13)16/h2-3,6,9-10,19H,4-5,7-8H2,1H3,(H,17,20). The Hall–Kier alpha value is -0.430. The van der Waals surface area contributed by atoms with Gasteiger partial charge in [0.15, 0.2) is 0 Å². The Balaban J connectivity index is 1.87. The predicted molar refractivity (Wildman–Crippen MR) is 86.7 cm³/mol. The van der Waals surface area contributed by atoms with Crippen LogP contribution in [-0.4, -0.2) is 41.7 Å². The van der Waals surface area contributed by atoms with E-state index in [0.29, 0.717) is 6.54 Å². The first-order chi connectivity index (χ1) is 9.45. The monoisotopic (exact) mass is 404 g/mol. The smallest absolute Gasteiger partial charge is 0.238 e. The predicted octanol–water partition coefficient (Wildman–Crippen LogP) is 2.85. The van der Waals surface area contributed by atoms with Gasteiger partial charge in [-0.05, 0) is 59.9 Å². The third kappa shape index (κ3) is 4.28. The summed E-state index contributed by atoms with van der Waals surface area (Å²) in [7, 11) is 0. The van der Waals surface area contributed by atoms with Gasteiger partial charge >= 0.3 is 0 Å². The normalized spacial score (nSPS) is 20.9. The maximum Gasteiger partial charge on any atom is 0.238 e. The highest BCUT2D eigenvalue weighted by molar-refractivity contribution is 9.11. The zero-order chi connectivity index (χ0) is 14.7. The summed E-state index contributed by atoms with van der Waals surface area (Å²) in [4.78, 5) is 14.1. The van der Waals surface area contributed by atoms with Gasteiger partial charge in [-0.3, -0.25) is 9.69 Å². The van der Waals surface area contributed by atoms with Crippen molar-refractivity contribution in [3.05, 3.63) is 27.1 Å². The van der Waals surface area contributed by atoms with Gasteiger partial charge in [0.1, 0.15) is 0 Å². The number of carbonyl (C=O) groups excluding carboxylic acids is 1. The molecule has 0 aromatic heterocycles. The Bertz CT molecular complexity index is 494. The first kappa shape index (κ1) is 15.9. The van der Waals surface area contributed by atoms with Gasteiger partial charge in [-0.15, -0.1) is 0 Å². The molecule has 4 nitrogen and oxygen atoms in total. The van der Waals surface area contributed by atoms with Gasteiger partial charge in [0.25, 0.3) is 0 Å². The van der Waals surface area contributed by atoms with Crippen LogP contribution >= 0.6 is 31.9 Å². The number of nitrogens with one attached hydrogen (secondary N) is 1. The van der Waals surface area contributed by atoms with E-state index >= 15 is 0 Å². The van der Waals surface area contributed by atoms with E-state index in [-0.39, 0.29) is 17.9 Å². The molecular formula is C14H18Br2N2O2. The van der Waals surface area contributed by atoms with Crippen molar-refractivity contribution in [3.63, 3.8) is 0 Å². The highest BCUT2D eigenvalue weighted by atomic mass is 79.9. The molecule has 2 atom stereocenters. The van der Waals surface area contributed by atoms with E-state index in [1.165, 1.54) is 0 Å². The first-order valence-corrected chi connectivity index (χ1v) is 8.19. The molecule has 0 saturated carbocycles. The van der Waals surface area contributed by atoms with Crippen molar-refractivity contribution in [2.24, 2.45) is 5.92 Å². The van der Waals surface area contributed by atoms with Crippen LogP contribution in [0.1, 0.15) is 13.3 Å². The van der Waals surface area contributed by atoms with Crippen molar-refractivity contribution in [3.8, 4) is 0 Å². The summed E-state index contributed by atoms with van der Waals surface area (Å²) >= 11 is 6.80. The fraction of sp³-hybridized carbons (Fsp3) is 0.500. The summed E-state index contributed by atoms with van der Waals surface area (Å²) < 4.78 is 1.81. The SMILES string of the molecule is CC(O)C1CCN(CC(=O)Nc2ccc(Br)cc2Br)C1. The van der Waals surface area contributed by atoms with Crippen molar-refractivity contribution in [2.45, 2.75) is 19.4 Å². The molecule has 1 fully saturated rings. The Kier molecular flexibility index (Phi) is 5.60. The lowest BCUT2D eigenvalue weighted by Gasteiger charge is -2.17. The van der Waals surface area contributed by atoms with E-state index < -0.39 is 0 Å². The number of hydrogen-bond acceptors (Lipinski definition) is 3. The molecule has 0 spiro atoms. The highest BCUT2D eigenvalue weighted by Gasteiger charge is 2.27. The molecule has 1 aliphatic heterocycles. The second-order valence-corrected chi connectivity index (χ2v) is 6.97. The summed E-state index contributed by atoms with van der Waals surface area (Å²) in [6, 6.07) is 5.64. The minimum atomic E-state index is -0.302. The fourth-order valence-electron chi connectivity index (χ4n) is 2.38. The Morgan fingerprint density at radius 3 is 2.90 bits per heavy atom. The van der Waals surface area contributed by atoms with Gasteiger partial charge in [-0.25, -0.2) is 0 Å². The van der Waals surface area contributed by atoms with Crippen LogP contribution in [0.25, 0.3) is 0 Å². The Labute approximate surface area is 135 Å². The number of aliphatic hydroxyl groups excluding tert-OH is 1. The van der Waals surface area contributed by atoms with E-state index in [0.717, 1.165) is 34.1 Å². The average Bonchev–Trinajstić information content (AvgIpc) is 2.81. The minimum Gasteiger partial charge on any atom is -0.393 e. The molecule has 0 radical (unpaired) electrons. The van der Waals surface area contributed by atoms with Crippen LogP contribution in [0.4, 0.5) is 5.69 Å². The number of nitrogens with zero attached hydrogens (tertiary/aromatic N) is 1. The molecule has 0 bridgehead atoms. The number of aliphatic hydroxyl groups is 1. The molecule has 2 unspecified atom stereocenters. The largest absolute Gasteiger partial charge is 0.393 e. The van der Waals surface area contributed by atoms with Gasteiger partial charge in [0.05, 0.1) is 18.3 Å². The molecule has 2 N–H and O–H groups in total. The van der Waals surface area contributed by atoms with E-state index in [1.54, 1.807) is 0 Å². The van der Waals surface area contributed by atoms with Crippen LogP contribution in [0.3, 0.4) is 0 Å². The lowest BCUT2D eigenvalue weighted by atomic mass is 10.0. The molecule has 1 aliphatic rings. The van der Waals surface area contributed by atoms with Crippen molar-refractivity contribution >= 4 is 43.5 Å². The van der Waals surface area contributed by atoms with Gasteiger partial charge in [-0.1, -0.05) is 15.9 Å². The molecule has 1 aromatic carbocycles. The lowest BCUT2D eigenvalue weighted by molar-refractivity contribution is -0.117. The van der Waals surface area contributed by atoms with Crippen LogP contribution in [0.15, 0.2) is 27.1 Å². The molecule has 1 amide bonds. The number of benzene rings is 1. The molecule has 110 valence electrons. The van der Waals surface area contributed by atoms with E-state index in [9.17, 15) is 9.90 Å². The molecular weight excluding hydrogens is 388 g/mol. The molecule has 0 aliphatic carbocycles. The molecule has 2 rings (SSSR count). The molecule has 6 heteroatoms. The van der Waals surface area contributed by atoms with Gasteiger partial charge in [-0.2, -0.15) is 0 Å². The number of amides is 1. The summed E-state index contributed by atoms with van der Waals surface area (Å²) in [6.07, 6.45) is 0.649. The minimum absolute atomic E-state index is 0.0285. The van der Waals surface area contributed by atoms with Gasteiger partial charge < -0.3 is 10.4 Å². The van der Waals surface area contributed by atoms with Crippen molar-refractivity contribution in [1.82, 2.24) is 4.90 Å². The summed E-state index contributed by atoms with van der Waals surface area (Å²) in [5, 5.41) is 12.5. The zero-order valence-electron chi connectivity index (χ0n) is 11.3. The molecule has 1 aromatic rings. The van der Waals surface area contributed by atoms with E-state index in [1.807, 2.05) is 25.1 Å². The lowest BCUT2D eigenvalue weighted by Crippen LogP contribution is -2.32. The number of likely N-dealkylation sites (tertiary alicyclic amines) is 1. The first-order valence-electron chi connectivity index (χ1n) is 6.61. The number of halogens is 2. The highest BCUT2D eigenvalue weighted by Crippen LogP contribution is 2.26. The summed E-state index contributed by atoms with van der Waals surface area (Å²) in [6.45, 7) is 3.83. The third-order valence-corrected chi connectivity index (χ3v) is 4.71. The molecule has 1 heterocycles. The van der Waals surface area contributed by atoms with E-state index in [2.05, 4.69) is 42.1 Å². The summed E-state index contributed by atoms with van der Waals surface area (Å²) in [5.41, 5.74) is 0.768. The second kappa shape index (κ2) is 7.02. The van der Waals surface area contributed by atoms with Crippen LogP contribution in [0.2, 0.25) is 0 Å². The van der Waals surface area contributed by atoms with Crippen molar-refractivity contribution < 1.29 is 9.90 Å². The van der Waals surface area contributed by atoms with Crippen molar-refractivity contribution in [2.75, 3.05) is 25.0 Å². The van der Waals surface area contributed by atoms with Crippen molar-refractivity contribution in [1.29, 1.82) is 0 Å². The number of hydrogen-bond donors (Lipinski definition) is 2. The van der Waals surface area contributed by atoms with Crippen LogP contribution < -0.4 is 5.32 Å². The van der Waals surface area contributed by atoms with Crippen LogP contribution in [-0.2, 0) is 4.79 Å². The van der Waals surface area contributed by atoms with Crippen LogP contribution in [0, 0.1) is 5.92 Å². The van der Waals surface area contributed by atoms with Gasteiger partial charge in [0, 0.05) is 15.5 Å². The number of carbonyl (C=O) groups is 1. The molecule has 20 heavy (non-hydrogen) atoms. The van der Waals surface area contributed by atoms with Gasteiger partial charge in [0.2, 0.25) is 5.91 Å². The summed E-state index contributed by atoms with van der Waals surface area (Å²) in [5.74, 6) is 0.251. The Morgan fingerprint density at radius 1 is 1.55 bits per heavy atom. The average molecular weight is 406 g/mol. The third-order valence-electron chi connectivity index (χ3n) is 3.56. The van der Waals surface area contributed by atoms with Crippen LogP contribution in [0.5, 0.6) is 0 Å². The fourth-order valence-corrected chi connectivity index (χ4v) is 3.53. The topological polar surface area (TPSA) is 52.6 Å². The molecule has 1 saturated heterocycles. The number of rotatable bonds is 4. The Morgan fingerprint density at radius 2 is 2.30 bits per heavy atom. The second-order valence-electron chi connectivity index (χ2n) is 5.20.